The number of nitrogens with zero attached hydrogens (tertiary/aromatic N) is 2. The molecule has 5 nitrogen and oxygen atoms in total. The Labute approximate surface area is 231 Å². The lowest BCUT2D eigenvalue weighted by Crippen LogP contribution is -2.04. The van der Waals surface area contributed by atoms with E-state index < -0.39 is 0 Å². The Hall–Kier alpha value is -3.61. The molecule has 0 fully saturated rings. The van der Waals surface area contributed by atoms with Crippen LogP contribution in [0.2, 0.25) is 10.0 Å². The summed E-state index contributed by atoms with van der Waals surface area (Å²) in [4.78, 5) is 15.9. The standard InChI is InChI=1S/C30H27Cl2FN2O3/c1-3-35-19-28(25-13-10-23(31)18-26(25)32)34-29(35)15-9-22-17-21(8-14-27(22)33)20-6-11-24(12-7-20)38-16-4-5-30(36)37-2/h6-15,17-19H,3-5,16H2,1-2H3. The van der Waals surface area contributed by atoms with Gasteiger partial charge in [-0.25, -0.2) is 9.37 Å². The summed E-state index contributed by atoms with van der Waals surface area (Å²) in [5.41, 5.74) is 3.74. The molecule has 8 heteroatoms. The van der Waals surface area contributed by atoms with Gasteiger partial charge in [-0.15, -0.1) is 0 Å². The van der Waals surface area contributed by atoms with Gasteiger partial charge in [-0.05, 0) is 79.1 Å². The molecule has 0 aliphatic rings. The molecule has 0 bridgehead atoms. The summed E-state index contributed by atoms with van der Waals surface area (Å²) >= 11 is 12.4. The van der Waals surface area contributed by atoms with Crippen molar-refractivity contribution in [3.8, 4) is 28.1 Å². The molecule has 0 aliphatic carbocycles. The molecule has 0 spiro atoms. The predicted octanol–water partition coefficient (Wildman–Crippen LogP) is 8.19. The highest BCUT2D eigenvalue weighted by molar-refractivity contribution is 6.36. The second kappa shape index (κ2) is 12.8. The fourth-order valence-electron chi connectivity index (χ4n) is 3.91. The van der Waals surface area contributed by atoms with Crippen LogP contribution in [-0.2, 0) is 16.1 Å². The van der Waals surface area contributed by atoms with Gasteiger partial charge in [0.05, 0.1) is 24.4 Å². The Morgan fingerprint density at radius 3 is 2.50 bits per heavy atom. The molecule has 0 radical (unpaired) electrons. The lowest BCUT2D eigenvalue weighted by molar-refractivity contribution is -0.140. The molecule has 1 aromatic heterocycles. The van der Waals surface area contributed by atoms with Gasteiger partial charge in [0.2, 0.25) is 0 Å². The van der Waals surface area contributed by atoms with Crippen LogP contribution in [0.5, 0.6) is 5.75 Å². The van der Waals surface area contributed by atoms with Gasteiger partial charge in [-0.1, -0.05) is 41.4 Å². The highest BCUT2D eigenvalue weighted by Crippen LogP contribution is 2.30. The van der Waals surface area contributed by atoms with Crippen molar-refractivity contribution in [3.63, 3.8) is 0 Å². The number of aromatic nitrogens is 2. The van der Waals surface area contributed by atoms with Gasteiger partial charge in [0.25, 0.3) is 0 Å². The highest BCUT2D eigenvalue weighted by Gasteiger charge is 2.11. The second-order valence-corrected chi connectivity index (χ2v) is 9.36. The SMILES string of the molecule is CCn1cc(-c2ccc(Cl)cc2Cl)nc1C=Cc1cc(-c2ccc(OCCCC(=O)OC)cc2)ccc1F. The maximum absolute atomic E-state index is 14.7. The van der Waals surface area contributed by atoms with Crippen molar-refractivity contribution < 1.29 is 18.7 Å². The van der Waals surface area contributed by atoms with Gasteiger partial charge in [0, 0.05) is 35.3 Å². The number of hydrogen-bond donors (Lipinski definition) is 0. The lowest BCUT2D eigenvalue weighted by atomic mass is 10.0. The van der Waals surface area contributed by atoms with Crippen LogP contribution in [0.25, 0.3) is 34.5 Å². The van der Waals surface area contributed by atoms with Crippen LogP contribution in [0.15, 0.2) is 66.9 Å². The van der Waals surface area contributed by atoms with Crippen molar-refractivity contribution in [2.75, 3.05) is 13.7 Å². The molecule has 0 N–H and O–H groups in total. The summed E-state index contributed by atoms with van der Waals surface area (Å²) < 4.78 is 27.0. The maximum atomic E-state index is 14.7. The van der Waals surface area contributed by atoms with Gasteiger partial charge < -0.3 is 14.0 Å². The van der Waals surface area contributed by atoms with Crippen LogP contribution in [0.1, 0.15) is 31.2 Å². The molecule has 0 amide bonds. The van der Waals surface area contributed by atoms with Crippen LogP contribution in [0.3, 0.4) is 0 Å². The summed E-state index contributed by atoms with van der Waals surface area (Å²) in [5.74, 6) is 0.803. The summed E-state index contributed by atoms with van der Waals surface area (Å²) in [6.07, 6.45) is 6.33. The van der Waals surface area contributed by atoms with E-state index in [9.17, 15) is 9.18 Å². The van der Waals surface area contributed by atoms with E-state index in [2.05, 4.69) is 4.74 Å². The molecule has 196 valence electrons. The molecule has 0 saturated heterocycles. The van der Waals surface area contributed by atoms with Gasteiger partial charge in [0.15, 0.2) is 0 Å². The van der Waals surface area contributed by atoms with E-state index in [0.717, 1.165) is 22.4 Å². The van der Waals surface area contributed by atoms with E-state index in [1.165, 1.54) is 13.2 Å². The van der Waals surface area contributed by atoms with Crippen molar-refractivity contribution in [3.05, 3.63) is 94.1 Å². The van der Waals surface area contributed by atoms with E-state index in [1.807, 2.05) is 48.0 Å². The first-order valence-electron chi connectivity index (χ1n) is 12.2. The van der Waals surface area contributed by atoms with Gasteiger partial charge in [-0.2, -0.15) is 0 Å². The topological polar surface area (TPSA) is 53.4 Å². The number of imidazole rings is 1. The zero-order chi connectivity index (χ0) is 27.1. The molecule has 38 heavy (non-hydrogen) atoms. The molecule has 1 heterocycles. The number of benzene rings is 3. The minimum atomic E-state index is -0.328. The number of aryl methyl sites for hydroxylation is 1. The van der Waals surface area contributed by atoms with Crippen LogP contribution in [0, 0.1) is 5.82 Å². The third kappa shape index (κ3) is 6.82. The fraction of sp³-hybridized carbons (Fsp3) is 0.200. The molecule has 4 rings (SSSR count). The third-order valence-corrected chi connectivity index (χ3v) is 6.52. The number of carbonyl (C=O) groups excluding carboxylic acids is 1. The van der Waals surface area contributed by atoms with Gasteiger partial charge in [-0.3, -0.25) is 4.79 Å². The quantitative estimate of drug-likeness (QED) is 0.147. The first-order valence-corrected chi connectivity index (χ1v) is 12.9. The van der Waals surface area contributed by atoms with E-state index >= 15 is 0 Å². The summed E-state index contributed by atoms with van der Waals surface area (Å²) in [5, 5.41) is 1.08. The van der Waals surface area contributed by atoms with Gasteiger partial charge in [0.1, 0.15) is 17.4 Å². The van der Waals surface area contributed by atoms with Crippen molar-refractivity contribution in [2.24, 2.45) is 0 Å². The van der Waals surface area contributed by atoms with Crippen LogP contribution >= 0.6 is 23.2 Å². The van der Waals surface area contributed by atoms with E-state index in [0.29, 0.717) is 53.2 Å². The number of rotatable bonds is 10. The number of carbonyl (C=O) groups is 1. The molecular weight excluding hydrogens is 526 g/mol. The molecule has 4 aromatic rings. The second-order valence-electron chi connectivity index (χ2n) is 8.52. The average Bonchev–Trinajstić information content (AvgIpc) is 3.33. The Morgan fingerprint density at radius 2 is 1.79 bits per heavy atom. The van der Waals surface area contributed by atoms with E-state index in [1.54, 1.807) is 36.4 Å². The molecule has 0 unspecified atom stereocenters. The van der Waals surface area contributed by atoms with Crippen molar-refractivity contribution >= 4 is 41.3 Å². The zero-order valence-electron chi connectivity index (χ0n) is 21.1. The maximum Gasteiger partial charge on any atom is 0.305 e. The van der Waals surface area contributed by atoms with Crippen molar-refractivity contribution in [1.29, 1.82) is 0 Å². The first-order chi connectivity index (χ1) is 18.4. The molecule has 0 saturated carbocycles. The van der Waals surface area contributed by atoms with Crippen LogP contribution in [-0.4, -0.2) is 29.2 Å². The Kier molecular flexibility index (Phi) is 9.21. The third-order valence-electron chi connectivity index (χ3n) is 5.97. The smallest absolute Gasteiger partial charge is 0.305 e. The first kappa shape index (κ1) is 27.4. The number of ether oxygens (including phenoxy) is 2. The molecule has 0 aliphatic heterocycles. The predicted molar refractivity (Wildman–Crippen MR) is 151 cm³/mol. The summed E-state index contributed by atoms with van der Waals surface area (Å²) in [6, 6.07) is 17.8. The highest BCUT2D eigenvalue weighted by atomic mass is 35.5. The summed E-state index contributed by atoms with van der Waals surface area (Å²) in [6.45, 7) is 3.12. The van der Waals surface area contributed by atoms with Crippen LogP contribution in [0.4, 0.5) is 4.39 Å². The van der Waals surface area contributed by atoms with Crippen molar-refractivity contribution in [2.45, 2.75) is 26.3 Å². The normalized spacial score (nSPS) is 11.2. The lowest BCUT2D eigenvalue weighted by Gasteiger charge is -2.08. The molecular formula is C30H27Cl2FN2O3. The minimum Gasteiger partial charge on any atom is -0.494 e. The monoisotopic (exact) mass is 552 g/mol. The van der Waals surface area contributed by atoms with Crippen molar-refractivity contribution in [1.82, 2.24) is 9.55 Å². The number of esters is 1. The number of hydrogen-bond acceptors (Lipinski definition) is 4. The Balaban J connectivity index is 1.50. The van der Waals surface area contributed by atoms with E-state index in [4.69, 9.17) is 32.9 Å². The average molecular weight is 553 g/mol. The molecule has 0 atom stereocenters. The summed E-state index contributed by atoms with van der Waals surface area (Å²) in [7, 11) is 1.37. The van der Waals surface area contributed by atoms with Crippen LogP contribution < -0.4 is 4.74 Å². The van der Waals surface area contributed by atoms with Gasteiger partial charge >= 0.3 is 5.97 Å². The fourth-order valence-corrected chi connectivity index (χ4v) is 4.42. The number of halogens is 3. The molecule has 3 aromatic carbocycles. The Bertz CT molecular complexity index is 1450. The largest absolute Gasteiger partial charge is 0.494 e. The zero-order valence-corrected chi connectivity index (χ0v) is 22.6. The minimum absolute atomic E-state index is 0.254. The van der Waals surface area contributed by atoms with E-state index in [-0.39, 0.29) is 11.8 Å². The number of methoxy groups -OCH3 is 1. The Morgan fingerprint density at radius 1 is 1.03 bits per heavy atom.